The van der Waals surface area contributed by atoms with Gasteiger partial charge in [-0.05, 0) is 25.0 Å². The third kappa shape index (κ3) is 3.45. The molecule has 19 heavy (non-hydrogen) atoms. The van der Waals surface area contributed by atoms with Gasteiger partial charge in [-0.2, -0.15) is 4.31 Å². The Morgan fingerprint density at radius 3 is 2.37 bits per heavy atom. The topological polar surface area (TPSA) is 63.4 Å². The van der Waals surface area contributed by atoms with Gasteiger partial charge in [0.1, 0.15) is 5.82 Å². The highest BCUT2D eigenvalue weighted by Gasteiger charge is 2.25. The number of rotatable bonds is 5. The number of benzene rings is 1. The van der Waals surface area contributed by atoms with Crippen molar-refractivity contribution < 1.29 is 12.8 Å². The first kappa shape index (κ1) is 15.9. The molecule has 0 aliphatic heterocycles. The Hall–Kier alpha value is -1.14. The lowest BCUT2D eigenvalue weighted by atomic mass is 10.2. The molecule has 108 valence electrons. The number of hydrogen-bond donors (Lipinski definition) is 1. The average molecular weight is 288 g/mol. The normalized spacial score (nSPS) is 12.4. The molecule has 0 aliphatic carbocycles. The SMILES string of the molecule is CCN(CC(C)C)S(=O)(=O)c1cc(N)c(C)c(F)c1. The molecule has 0 atom stereocenters. The van der Waals surface area contributed by atoms with Crippen LogP contribution < -0.4 is 5.73 Å². The Bertz CT molecular complexity index is 533. The third-order valence-electron chi connectivity index (χ3n) is 2.92. The Morgan fingerprint density at radius 1 is 1.37 bits per heavy atom. The van der Waals surface area contributed by atoms with E-state index in [4.69, 9.17) is 5.73 Å². The molecule has 1 aromatic carbocycles. The van der Waals surface area contributed by atoms with Crippen molar-refractivity contribution >= 4 is 15.7 Å². The lowest BCUT2D eigenvalue weighted by molar-refractivity contribution is 0.380. The molecule has 1 aromatic rings. The van der Waals surface area contributed by atoms with Crippen LogP contribution in [0, 0.1) is 18.7 Å². The molecule has 0 bridgehead atoms. The van der Waals surface area contributed by atoms with Crippen molar-refractivity contribution in [3.8, 4) is 0 Å². The van der Waals surface area contributed by atoms with E-state index in [1.807, 2.05) is 13.8 Å². The minimum Gasteiger partial charge on any atom is -0.398 e. The highest BCUT2D eigenvalue weighted by Crippen LogP contribution is 2.24. The van der Waals surface area contributed by atoms with Gasteiger partial charge in [-0.25, -0.2) is 12.8 Å². The molecule has 0 aromatic heterocycles. The molecule has 2 N–H and O–H groups in total. The molecule has 0 aliphatic rings. The van der Waals surface area contributed by atoms with E-state index in [0.717, 1.165) is 6.07 Å². The molecule has 0 spiro atoms. The molecule has 4 nitrogen and oxygen atoms in total. The zero-order valence-corrected chi connectivity index (χ0v) is 12.6. The molecule has 0 fully saturated rings. The summed E-state index contributed by atoms with van der Waals surface area (Å²) < 4.78 is 39.8. The van der Waals surface area contributed by atoms with Gasteiger partial charge in [-0.1, -0.05) is 20.8 Å². The second kappa shape index (κ2) is 5.88. The summed E-state index contributed by atoms with van der Waals surface area (Å²) in [5.41, 5.74) is 6.06. The van der Waals surface area contributed by atoms with Crippen molar-refractivity contribution in [3.05, 3.63) is 23.5 Å². The zero-order valence-electron chi connectivity index (χ0n) is 11.8. The van der Waals surface area contributed by atoms with Crippen LogP contribution in [0.1, 0.15) is 26.3 Å². The molecule has 0 amide bonds. The molecule has 1 rings (SSSR count). The van der Waals surface area contributed by atoms with Crippen LogP contribution in [-0.2, 0) is 10.0 Å². The Morgan fingerprint density at radius 2 is 1.95 bits per heavy atom. The van der Waals surface area contributed by atoms with Crippen molar-refractivity contribution in [1.29, 1.82) is 0 Å². The van der Waals surface area contributed by atoms with E-state index in [9.17, 15) is 12.8 Å². The van der Waals surface area contributed by atoms with Crippen LogP contribution in [0.5, 0.6) is 0 Å². The van der Waals surface area contributed by atoms with Crippen LogP contribution in [0.3, 0.4) is 0 Å². The smallest absolute Gasteiger partial charge is 0.243 e. The Kier molecular flexibility index (Phi) is 4.92. The number of sulfonamides is 1. The first-order valence-corrected chi connectivity index (χ1v) is 7.69. The second-order valence-electron chi connectivity index (χ2n) is 4.97. The molecule has 0 radical (unpaired) electrons. The van der Waals surface area contributed by atoms with E-state index in [-0.39, 0.29) is 22.1 Å². The summed E-state index contributed by atoms with van der Waals surface area (Å²) in [5.74, 6) is -0.401. The summed E-state index contributed by atoms with van der Waals surface area (Å²) in [5, 5.41) is 0. The van der Waals surface area contributed by atoms with Gasteiger partial charge >= 0.3 is 0 Å². The molecule has 0 unspecified atom stereocenters. The third-order valence-corrected chi connectivity index (χ3v) is 4.84. The van der Waals surface area contributed by atoms with Crippen LogP contribution >= 0.6 is 0 Å². The number of nitrogens with two attached hydrogens (primary N) is 1. The first-order valence-electron chi connectivity index (χ1n) is 6.25. The maximum Gasteiger partial charge on any atom is 0.243 e. The van der Waals surface area contributed by atoms with E-state index in [1.165, 1.54) is 17.3 Å². The number of halogens is 1. The lowest BCUT2D eigenvalue weighted by Gasteiger charge is -2.22. The quantitative estimate of drug-likeness (QED) is 0.846. The van der Waals surface area contributed by atoms with E-state index < -0.39 is 15.8 Å². The summed E-state index contributed by atoms with van der Waals surface area (Å²) in [7, 11) is -3.69. The Balaban J connectivity index is 3.26. The van der Waals surface area contributed by atoms with Crippen molar-refractivity contribution in [2.75, 3.05) is 18.8 Å². The highest BCUT2D eigenvalue weighted by molar-refractivity contribution is 7.89. The first-order chi connectivity index (χ1) is 8.70. The number of hydrogen-bond acceptors (Lipinski definition) is 3. The van der Waals surface area contributed by atoms with Gasteiger partial charge in [0.15, 0.2) is 0 Å². The predicted octanol–water partition coefficient (Wildman–Crippen LogP) is 2.38. The van der Waals surface area contributed by atoms with Crippen molar-refractivity contribution in [1.82, 2.24) is 4.31 Å². The summed E-state index contributed by atoms with van der Waals surface area (Å²) >= 11 is 0. The minimum absolute atomic E-state index is 0.0874. The standard InChI is InChI=1S/C13H21FN2O2S/c1-5-16(8-9(2)3)19(17,18)11-6-12(14)10(4)13(15)7-11/h6-7,9H,5,8,15H2,1-4H3. The maximum absolute atomic E-state index is 13.6. The number of nitrogen functional groups attached to an aromatic ring is 1. The summed E-state index contributed by atoms with van der Waals surface area (Å²) in [4.78, 5) is -0.0874. The second-order valence-corrected chi connectivity index (χ2v) is 6.91. The van der Waals surface area contributed by atoms with Gasteiger partial charge in [0.25, 0.3) is 0 Å². The van der Waals surface area contributed by atoms with Gasteiger partial charge in [0.2, 0.25) is 10.0 Å². The van der Waals surface area contributed by atoms with Crippen LogP contribution in [0.15, 0.2) is 17.0 Å². The monoisotopic (exact) mass is 288 g/mol. The zero-order chi connectivity index (χ0) is 14.8. The fourth-order valence-electron chi connectivity index (χ4n) is 1.78. The molecule has 0 saturated carbocycles. The summed E-state index contributed by atoms with van der Waals surface area (Å²) in [6.07, 6.45) is 0. The van der Waals surface area contributed by atoms with Gasteiger partial charge in [-0.15, -0.1) is 0 Å². The number of anilines is 1. The summed E-state index contributed by atoms with van der Waals surface area (Å²) in [6.45, 7) is 7.88. The van der Waals surface area contributed by atoms with E-state index in [1.54, 1.807) is 6.92 Å². The highest BCUT2D eigenvalue weighted by atomic mass is 32.2. The van der Waals surface area contributed by atoms with E-state index in [2.05, 4.69) is 0 Å². The van der Waals surface area contributed by atoms with E-state index in [0.29, 0.717) is 13.1 Å². The summed E-state index contributed by atoms with van der Waals surface area (Å²) in [6, 6.07) is 2.35. The minimum atomic E-state index is -3.69. The van der Waals surface area contributed by atoms with Crippen molar-refractivity contribution in [2.45, 2.75) is 32.6 Å². The molecule has 0 heterocycles. The fourth-order valence-corrected chi connectivity index (χ4v) is 3.44. The van der Waals surface area contributed by atoms with Crippen LogP contribution in [-0.4, -0.2) is 25.8 Å². The van der Waals surface area contributed by atoms with E-state index >= 15 is 0 Å². The fraction of sp³-hybridized carbons (Fsp3) is 0.538. The van der Waals surface area contributed by atoms with Gasteiger partial charge in [0.05, 0.1) is 4.90 Å². The predicted molar refractivity (Wildman–Crippen MR) is 74.8 cm³/mol. The average Bonchev–Trinajstić information content (AvgIpc) is 2.31. The van der Waals surface area contributed by atoms with Gasteiger partial charge in [0, 0.05) is 24.3 Å². The van der Waals surface area contributed by atoms with Crippen LogP contribution in [0.2, 0.25) is 0 Å². The van der Waals surface area contributed by atoms with Gasteiger partial charge < -0.3 is 5.73 Å². The van der Waals surface area contributed by atoms with Crippen LogP contribution in [0.25, 0.3) is 0 Å². The van der Waals surface area contributed by atoms with Crippen LogP contribution in [0.4, 0.5) is 10.1 Å². The largest absolute Gasteiger partial charge is 0.398 e. The molecule has 0 saturated heterocycles. The molecular formula is C13H21FN2O2S. The lowest BCUT2D eigenvalue weighted by Crippen LogP contribution is -2.34. The van der Waals surface area contributed by atoms with Crippen molar-refractivity contribution in [2.24, 2.45) is 5.92 Å². The number of nitrogens with zero attached hydrogens (tertiary/aromatic N) is 1. The van der Waals surface area contributed by atoms with Gasteiger partial charge in [-0.3, -0.25) is 0 Å². The van der Waals surface area contributed by atoms with Crippen molar-refractivity contribution in [3.63, 3.8) is 0 Å². The molecular weight excluding hydrogens is 267 g/mol. The maximum atomic E-state index is 13.6. The molecule has 6 heteroatoms. The Labute approximate surface area is 114 Å².